The molecule has 0 aromatic heterocycles. The Morgan fingerprint density at radius 1 is 0.760 bits per heavy atom. The van der Waals surface area contributed by atoms with Crippen molar-refractivity contribution in [2.45, 2.75) is 85.0 Å². The van der Waals surface area contributed by atoms with Gasteiger partial charge >= 0.3 is 8.60 Å². The van der Waals surface area contributed by atoms with Crippen LogP contribution in [0.4, 0.5) is 0 Å². The van der Waals surface area contributed by atoms with Crippen molar-refractivity contribution in [3.05, 3.63) is 28.8 Å². The fourth-order valence-corrected chi connectivity index (χ4v) is 3.86. The average molecular weight is 366 g/mol. The summed E-state index contributed by atoms with van der Waals surface area (Å²) in [6, 6.07) is 4.62. The van der Waals surface area contributed by atoms with Crippen molar-refractivity contribution in [3.8, 4) is 5.75 Å². The van der Waals surface area contributed by atoms with Gasteiger partial charge in [0.25, 0.3) is 0 Å². The van der Waals surface area contributed by atoms with E-state index in [0.29, 0.717) is 13.2 Å². The molecule has 0 N–H and O–H groups in total. The third kappa shape index (κ3) is 5.18. The maximum atomic E-state index is 6.36. The Kier molecular flexibility index (Phi) is 5.94. The van der Waals surface area contributed by atoms with Crippen LogP contribution >= 0.6 is 8.60 Å². The highest BCUT2D eigenvalue weighted by Gasteiger charge is 2.32. The smallest absolute Gasteiger partial charge is 0.397 e. The highest BCUT2D eigenvalue weighted by molar-refractivity contribution is 7.42. The van der Waals surface area contributed by atoms with Crippen molar-refractivity contribution in [1.29, 1.82) is 0 Å². The zero-order chi connectivity index (χ0) is 19.0. The van der Waals surface area contributed by atoms with E-state index in [0.717, 1.165) is 12.2 Å². The van der Waals surface area contributed by atoms with Gasteiger partial charge in [-0.2, -0.15) is 0 Å². The summed E-state index contributed by atoms with van der Waals surface area (Å²) >= 11 is 0. The third-order valence-electron chi connectivity index (χ3n) is 4.42. The zero-order valence-electron chi connectivity index (χ0n) is 17.4. The molecule has 1 aromatic rings. The van der Waals surface area contributed by atoms with Crippen LogP contribution in [0.1, 0.15) is 85.4 Å². The van der Waals surface area contributed by atoms with Crippen molar-refractivity contribution in [2.24, 2.45) is 0 Å². The van der Waals surface area contributed by atoms with Crippen molar-refractivity contribution < 1.29 is 13.6 Å². The summed E-state index contributed by atoms with van der Waals surface area (Å²) in [5.74, 6) is 0.945. The van der Waals surface area contributed by atoms with Crippen LogP contribution in [0.3, 0.4) is 0 Å². The summed E-state index contributed by atoms with van der Waals surface area (Å²) in [5.41, 5.74) is 3.83. The molecule has 0 spiro atoms. The van der Waals surface area contributed by atoms with E-state index in [4.69, 9.17) is 13.6 Å². The molecule has 3 nitrogen and oxygen atoms in total. The van der Waals surface area contributed by atoms with E-state index in [1.807, 2.05) is 0 Å². The predicted octanol–water partition coefficient (Wildman–Crippen LogP) is 6.62. The molecule has 25 heavy (non-hydrogen) atoms. The molecule has 1 saturated heterocycles. The number of hydrogen-bond donors (Lipinski definition) is 0. The lowest BCUT2D eigenvalue weighted by Crippen LogP contribution is -2.23. The SMILES string of the molecule is CC(C)(C)c1cc(C(C)(C)C)c(OP2OCCCO2)c(C(C)(C)C)c1. The van der Waals surface area contributed by atoms with Crippen LogP contribution in [0.15, 0.2) is 12.1 Å². The Balaban J connectivity index is 2.63. The molecule has 0 bridgehead atoms. The van der Waals surface area contributed by atoms with Crippen LogP contribution in [0.25, 0.3) is 0 Å². The van der Waals surface area contributed by atoms with Crippen molar-refractivity contribution in [2.75, 3.05) is 13.2 Å². The van der Waals surface area contributed by atoms with Crippen LogP contribution in [0.2, 0.25) is 0 Å². The minimum absolute atomic E-state index is 0.0261. The molecule has 0 amide bonds. The molecule has 1 fully saturated rings. The first kappa shape index (κ1) is 20.7. The van der Waals surface area contributed by atoms with Crippen molar-refractivity contribution >= 4 is 8.60 Å². The Bertz CT molecular complexity index is 562. The van der Waals surface area contributed by atoms with Gasteiger partial charge < -0.3 is 13.6 Å². The lowest BCUT2D eigenvalue weighted by molar-refractivity contribution is 0.146. The molecule has 1 aromatic carbocycles. The van der Waals surface area contributed by atoms with Gasteiger partial charge in [0, 0.05) is 11.1 Å². The second-order valence-electron chi connectivity index (χ2n) is 9.99. The Morgan fingerprint density at radius 2 is 1.20 bits per heavy atom. The molecule has 1 heterocycles. The van der Waals surface area contributed by atoms with Crippen LogP contribution in [-0.2, 0) is 25.3 Å². The van der Waals surface area contributed by atoms with Crippen LogP contribution in [0, 0.1) is 0 Å². The number of hydrogen-bond acceptors (Lipinski definition) is 3. The van der Waals surface area contributed by atoms with E-state index in [1.165, 1.54) is 16.7 Å². The second-order valence-corrected chi connectivity index (χ2v) is 11.1. The summed E-state index contributed by atoms with van der Waals surface area (Å²) in [7, 11) is -1.31. The Labute approximate surface area is 155 Å². The van der Waals surface area contributed by atoms with Gasteiger partial charge in [0.15, 0.2) is 0 Å². The standard InChI is InChI=1S/C21H35O3P/c1-19(2,3)15-13-16(20(4,5)6)18(17(14-15)21(7,8)9)24-25-22-11-10-12-23-25/h13-14H,10-12H2,1-9H3. The summed E-state index contributed by atoms with van der Waals surface area (Å²) in [5, 5.41) is 0. The molecule has 0 atom stereocenters. The first-order chi connectivity index (χ1) is 11.3. The number of rotatable bonds is 2. The number of benzene rings is 1. The molecule has 142 valence electrons. The highest BCUT2D eigenvalue weighted by Crippen LogP contribution is 2.50. The van der Waals surface area contributed by atoms with Gasteiger partial charge in [-0.25, -0.2) is 0 Å². The molecule has 0 unspecified atom stereocenters. The summed E-state index contributed by atoms with van der Waals surface area (Å²) in [4.78, 5) is 0. The lowest BCUT2D eigenvalue weighted by atomic mass is 9.75. The summed E-state index contributed by atoms with van der Waals surface area (Å²) in [6.45, 7) is 21.6. The topological polar surface area (TPSA) is 27.7 Å². The van der Waals surface area contributed by atoms with Gasteiger partial charge in [-0.15, -0.1) is 0 Å². The Hall–Kier alpha value is -0.630. The van der Waals surface area contributed by atoms with Gasteiger partial charge in [-0.3, -0.25) is 0 Å². The summed E-state index contributed by atoms with van der Waals surface area (Å²) < 4.78 is 17.8. The van der Waals surface area contributed by atoms with Gasteiger partial charge in [-0.05, 0) is 28.2 Å². The third-order valence-corrected chi connectivity index (χ3v) is 5.54. The highest BCUT2D eigenvalue weighted by atomic mass is 31.2. The molecule has 1 aliphatic rings. The predicted molar refractivity (Wildman–Crippen MR) is 107 cm³/mol. The van der Waals surface area contributed by atoms with Crippen molar-refractivity contribution in [3.63, 3.8) is 0 Å². The molecule has 0 aliphatic carbocycles. The lowest BCUT2D eigenvalue weighted by Gasteiger charge is -2.34. The van der Waals surface area contributed by atoms with Gasteiger partial charge in [0.05, 0.1) is 13.2 Å². The molecular weight excluding hydrogens is 331 g/mol. The fourth-order valence-electron chi connectivity index (χ4n) is 2.78. The monoisotopic (exact) mass is 366 g/mol. The van der Waals surface area contributed by atoms with E-state index in [2.05, 4.69) is 74.4 Å². The van der Waals surface area contributed by atoms with Gasteiger partial charge in [0.2, 0.25) is 0 Å². The first-order valence-corrected chi connectivity index (χ1v) is 10.3. The van der Waals surface area contributed by atoms with Crippen LogP contribution in [-0.4, -0.2) is 13.2 Å². The van der Waals surface area contributed by atoms with E-state index in [-0.39, 0.29) is 16.2 Å². The largest absolute Gasteiger partial charge is 0.426 e. The molecule has 1 aliphatic heterocycles. The zero-order valence-corrected chi connectivity index (χ0v) is 18.3. The Morgan fingerprint density at radius 3 is 1.56 bits per heavy atom. The fraction of sp³-hybridized carbons (Fsp3) is 0.714. The minimum Gasteiger partial charge on any atom is -0.426 e. The molecule has 0 saturated carbocycles. The van der Waals surface area contributed by atoms with Crippen LogP contribution in [0.5, 0.6) is 5.75 Å². The second kappa shape index (κ2) is 7.18. The molecule has 4 heteroatoms. The maximum Gasteiger partial charge on any atom is 0.397 e. The van der Waals surface area contributed by atoms with E-state index >= 15 is 0 Å². The van der Waals surface area contributed by atoms with Gasteiger partial charge in [0.1, 0.15) is 5.75 Å². The van der Waals surface area contributed by atoms with Crippen LogP contribution < -0.4 is 4.52 Å². The van der Waals surface area contributed by atoms with E-state index in [9.17, 15) is 0 Å². The van der Waals surface area contributed by atoms with E-state index in [1.54, 1.807) is 0 Å². The summed E-state index contributed by atoms with van der Waals surface area (Å²) in [6.07, 6.45) is 0.934. The minimum atomic E-state index is -1.31. The normalized spacial score (nSPS) is 17.6. The van der Waals surface area contributed by atoms with Crippen molar-refractivity contribution in [1.82, 2.24) is 0 Å². The maximum absolute atomic E-state index is 6.36. The molecule has 2 rings (SSSR count). The van der Waals surface area contributed by atoms with E-state index < -0.39 is 8.60 Å². The first-order valence-electron chi connectivity index (χ1n) is 9.23. The molecular formula is C21H35O3P. The van der Waals surface area contributed by atoms with Gasteiger partial charge in [-0.1, -0.05) is 74.4 Å². The quantitative estimate of drug-likeness (QED) is 0.550. The average Bonchev–Trinajstić information content (AvgIpc) is 2.45. The molecule has 0 radical (unpaired) electrons.